The minimum absolute atomic E-state index is 0.128. The van der Waals surface area contributed by atoms with Gasteiger partial charge in [-0.3, -0.25) is 4.79 Å². The van der Waals surface area contributed by atoms with Gasteiger partial charge in [0.2, 0.25) is 5.91 Å². The highest BCUT2D eigenvalue weighted by Gasteiger charge is 2.39. The van der Waals surface area contributed by atoms with E-state index in [4.69, 9.17) is 4.42 Å². The number of furan rings is 1. The quantitative estimate of drug-likeness (QED) is 0.770. The zero-order valence-corrected chi connectivity index (χ0v) is 16.8. The molecule has 1 saturated heterocycles. The van der Waals surface area contributed by atoms with Gasteiger partial charge in [0.05, 0.1) is 18.7 Å². The number of likely N-dealkylation sites (tertiary alicyclic amines) is 1. The molecule has 1 atom stereocenters. The summed E-state index contributed by atoms with van der Waals surface area (Å²) in [4.78, 5) is 17.5. The lowest BCUT2D eigenvalue weighted by Gasteiger charge is -2.36. The van der Waals surface area contributed by atoms with E-state index in [2.05, 4.69) is 4.40 Å². The zero-order chi connectivity index (χ0) is 20.0. The molecule has 3 aliphatic rings. The summed E-state index contributed by atoms with van der Waals surface area (Å²) in [6, 6.07) is 10.9. The highest BCUT2D eigenvalue weighted by Crippen LogP contribution is 2.33. The topological polar surface area (TPSA) is 83.2 Å². The molecule has 0 radical (unpaired) electrons. The van der Waals surface area contributed by atoms with Crippen LogP contribution in [0.25, 0.3) is 0 Å². The number of benzene rings is 1. The molecule has 2 aromatic rings. The van der Waals surface area contributed by atoms with Gasteiger partial charge in [-0.15, -0.1) is 4.40 Å². The third kappa shape index (κ3) is 3.46. The van der Waals surface area contributed by atoms with Crippen molar-refractivity contribution < 1.29 is 17.6 Å². The zero-order valence-electron chi connectivity index (χ0n) is 16.0. The van der Waals surface area contributed by atoms with Crippen LogP contribution in [0.4, 0.5) is 0 Å². The fourth-order valence-electron chi connectivity index (χ4n) is 4.27. The van der Waals surface area contributed by atoms with Gasteiger partial charge in [-0.05, 0) is 49.9 Å². The van der Waals surface area contributed by atoms with Crippen LogP contribution in [0.5, 0.6) is 0 Å². The number of hydrogen-bond acceptors (Lipinski definition) is 5. The average molecular weight is 413 g/mol. The molecule has 1 aromatic heterocycles. The first-order valence-electron chi connectivity index (χ1n) is 10.0. The fraction of sp³-hybridized carbons (Fsp3) is 0.429. The Labute approximate surface area is 170 Å². The predicted octanol–water partition coefficient (Wildman–Crippen LogP) is 2.63. The monoisotopic (exact) mass is 413 g/mol. The molecule has 7 nitrogen and oxygen atoms in total. The first-order chi connectivity index (χ1) is 14.0. The Morgan fingerprint density at radius 2 is 2.00 bits per heavy atom. The second-order valence-electron chi connectivity index (χ2n) is 7.95. The molecule has 0 N–H and O–H groups in total. The summed E-state index contributed by atoms with van der Waals surface area (Å²) >= 11 is 0. The maximum atomic E-state index is 13.3. The molecule has 1 aromatic carbocycles. The summed E-state index contributed by atoms with van der Waals surface area (Å²) in [7, 11) is -3.66. The van der Waals surface area contributed by atoms with Gasteiger partial charge in [-0.2, -0.15) is 8.42 Å². The van der Waals surface area contributed by atoms with E-state index in [9.17, 15) is 13.2 Å². The Morgan fingerprint density at radius 3 is 2.76 bits per heavy atom. The van der Waals surface area contributed by atoms with E-state index in [0.717, 1.165) is 31.4 Å². The van der Waals surface area contributed by atoms with Crippen LogP contribution in [0.2, 0.25) is 0 Å². The summed E-state index contributed by atoms with van der Waals surface area (Å²) in [6.45, 7) is 1.68. The van der Waals surface area contributed by atoms with E-state index in [0.29, 0.717) is 31.0 Å². The van der Waals surface area contributed by atoms with Crippen LogP contribution < -0.4 is 0 Å². The first kappa shape index (κ1) is 18.4. The molecular formula is C21H23N3O4S. The summed E-state index contributed by atoms with van der Waals surface area (Å²) < 4.78 is 34.3. The Morgan fingerprint density at radius 1 is 1.17 bits per heavy atom. The summed E-state index contributed by atoms with van der Waals surface area (Å²) in [6.07, 6.45) is 5.32. The first-order valence-corrected chi connectivity index (χ1v) is 11.5. The number of carbonyl (C=O) groups excluding carboxylic acids is 1. The number of piperidine rings is 1. The van der Waals surface area contributed by atoms with Crippen LogP contribution in [0.15, 0.2) is 56.4 Å². The van der Waals surface area contributed by atoms with Crippen LogP contribution in [0.1, 0.15) is 37.0 Å². The maximum absolute atomic E-state index is 13.3. The fourth-order valence-corrected chi connectivity index (χ4v) is 5.49. The molecule has 1 unspecified atom stereocenters. The van der Waals surface area contributed by atoms with Gasteiger partial charge in [0.15, 0.2) is 5.84 Å². The van der Waals surface area contributed by atoms with Crippen molar-refractivity contribution in [2.45, 2.75) is 43.2 Å². The van der Waals surface area contributed by atoms with Crippen molar-refractivity contribution in [1.82, 2.24) is 9.80 Å². The number of hydrogen-bond donors (Lipinski definition) is 0. The molecule has 1 saturated carbocycles. The second kappa shape index (κ2) is 7.02. The van der Waals surface area contributed by atoms with Crippen LogP contribution in [-0.4, -0.2) is 49.1 Å². The number of carbonyl (C=O) groups is 1. The Bertz CT molecular complexity index is 1060. The molecule has 3 heterocycles. The van der Waals surface area contributed by atoms with Crippen molar-refractivity contribution in [3.8, 4) is 0 Å². The number of rotatable bonds is 4. The lowest BCUT2D eigenvalue weighted by molar-refractivity contribution is -0.138. The highest BCUT2D eigenvalue weighted by molar-refractivity contribution is 7.90. The molecule has 29 heavy (non-hydrogen) atoms. The van der Waals surface area contributed by atoms with Gasteiger partial charge in [0, 0.05) is 24.7 Å². The van der Waals surface area contributed by atoms with Crippen LogP contribution in [0, 0.1) is 5.92 Å². The lowest BCUT2D eigenvalue weighted by atomic mass is 9.95. The van der Waals surface area contributed by atoms with Gasteiger partial charge in [0.25, 0.3) is 10.0 Å². The molecule has 2 fully saturated rings. The molecule has 8 heteroatoms. The van der Waals surface area contributed by atoms with E-state index >= 15 is 0 Å². The van der Waals surface area contributed by atoms with Gasteiger partial charge >= 0.3 is 0 Å². The van der Waals surface area contributed by atoms with Gasteiger partial charge in [0.1, 0.15) is 10.7 Å². The van der Waals surface area contributed by atoms with Crippen LogP contribution in [0.3, 0.4) is 0 Å². The normalized spacial score (nSPS) is 22.8. The summed E-state index contributed by atoms with van der Waals surface area (Å²) in [5, 5.41) is 0. The van der Waals surface area contributed by atoms with Crippen molar-refractivity contribution in [2.24, 2.45) is 10.3 Å². The van der Waals surface area contributed by atoms with E-state index < -0.39 is 10.0 Å². The van der Waals surface area contributed by atoms with E-state index in [-0.39, 0.29) is 22.8 Å². The lowest BCUT2D eigenvalue weighted by Crippen LogP contribution is -2.47. The SMILES string of the molecule is O=C(C1CCCN(C2=NS(=O)(=O)c3ccccc32)C1)N(Cc1ccco1)C1CC1. The largest absolute Gasteiger partial charge is 0.467 e. The molecule has 1 amide bonds. The van der Waals surface area contributed by atoms with Crippen molar-refractivity contribution in [3.63, 3.8) is 0 Å². The van der Waals surface area contributed by atoms with Crippen LogP contribution >= 0.6 is 0 Å². The van der Waals surface area contributed by atoms with E-state index in [1.54, 1.807) is 24.5 Å². The Hall–Kier alpha value is -2.61. The molecule has 0 bridgehead atoms. The smallest absolute Gasteiger partial charge is 0.285 e. The van der Waals surface area contributed by atoms with Crippen LogP contribution in [-0.2, 0) is 21.4 Å². The third-order valence-electron chi connectivity index (χ3n) is 5.86. The maximum Gasteiger partial charge on any atom is 0.285 e. The Kier molecular flexibility index (Phi) is 4.46. The van der Waals surface area contributed by atoms with Gasteiger partial charge in [-0.1, -0.05) is 12.1 Å². The minimum atomic E-state index is -3.66. The van der Waals surface area contributed by atoms with Crippen molar-refractivity contribution in [1.29, 1.82) is 0 Å². The van der Waals surface area contributed by atoms with E-state index in [1.807, 2.05) is 28.0 Å². The molecule has 0 spiro atoms. The van der Waals surface area contributed by atoms with Gasteiger partial charge < -0.3 is 14.2 Å². The number of sulfonamides is 1. The molecule has 5 rings (SSSR count). The summed E-state index contributed by atoms with van der Waals surface area (Å²) in [5.74, 6) is 1.22. The number of fused-ring (bicyclic) bond motifs is 1. The average Bonchev–Trinajstić information content (AvgIpc) is 3.37. The molecule has 2 aliphatic heterocycles. The number of amides is 1. The van der Waals surface area contributed by atoms with Crippen molar-refractivity contribution in [3.05, 3.63) is 54.0 Å². The van der Waals surface area contributed by atoms with Crippen molar-refractivity contribution >= 4 is 21.8 Å². The molecule has 152 valence electrons. The van der Waals surface area contributed by atoms with Crippen molar-refractivity contribution in [2.75, 3.05) is 13.1 Å². The minimum Gasteiger partial charge on any atom is -0.467 e. The Balaban J connectivity index is 1.36. The summed E-state index contributed by atoms with van der Waals surface area (Å²) in [5.41, 5.74) is 0.634. The number of amidine groups is 1. The molecular weight excluding hydrogens is 390 g/mol. The second-order valence-corrected chi connectivity index (χ2v) is 9.52. The highest BCUT2D eigenvalue weighted by atomic mass is 32.2. The van der Waals surface area contributed by atoms with Gasteiger partial charge in [-0.25, -0.2) is 0 Å². The molecule has 1 aliphatic carbocycles. The third-order valence-corrected chi connectivity index (χ3v) is 7.18. The van der Waals surface area contributed by atoms with E-state index in [1.165, 1.54) is 0 Å². The predicted molar refractivity (Wildman–Crippen MR) is 107 cm³/mol. The standard InChI is InChI=1S/C21H23N3O4S/c25-21(24(16-9-10-16)14-17-6-4-12-28-17)15-5-3-11-23(13-15)20-18-7-1-2-8-19(18)29(26,27)22-20/h1-2,4,6-8,12,15-16H,3,5,9-11,13-14H2. The number of nitrogens with zero attached hydrogens (tertiary/aromatic N) is 3.